The molecule has 0 aliphatic carbocycles. The number of nitrogens with zero attached hydrogens (tertiary/aromatic N) is 2. The first-order valence-corrected chi connectivity index (χ1v) is 8.82. The van der Waals surface area contributed by atoms with E-state index >= 15 is 0 Å². The highest BCUT2D eigenvalue weighted by Gasteiger charge is 2.17. The van der Waals surface area contributed by atoms with Crippen LogP contribution in [0.15, 0.2) is 37.9 Å². The number of ether oxygens (including phenoxy) is 2. The van der Waals surface area contributed by atoms with Gasteiger partial charge in [-0.2, -0.15) is 10.2 Å². The topological polar surface area (TPSA) is 139 Å². The van der Waals surface area contributed by atoms with Crippen LogP contribution >= 0.6 is 11.8 Å². The van der Waals surface area contributed by atoms with Crippen LogP contribution in [0.5, 0.6) is 11.5 Å². The van der Waals surface area contributed by atoms with Crippen molar-refractivity contribution in [2.75, 3.05) is 13.7 Å². The maximum absolute atomic E-state index is 12.1. The van der Waals surface area contributed by atoms with Crippen LogP contribution in [0.25, 0.3) is 0 Å². The van der Waals surface area contributed by atoms with E-state index in [1.165, 1.54) is 6.21 Å². The van der Waals surface area contributed by atoms with Crippen molar-refractivity contribution in [2.24, 2.45) is 5.10 Å². The number of H-pyrrole nitrogens is 2. The van der Waals surface area contributed by atoms with Crippen molar-refractivity contribution in [3.8, 4) is 11.5 Å². The predicted molar refractivity (Wildman–Crippen MR) is 101 cm³/mol. The standard InChI is InChI=1S/C16H19N5O5S/c1-4-26-12-7-10(5-6-11(12)25-3)8-17-19-13(22)9(2)27-15-14(23)18-16(24)21-20-15/h5-9H,4H2,1-3H3,(H,19,22)(H2,18,21,23,24)/b17-8+. The lowest BCUT2D eigenvalue weighted by Crippen LogP contribution is -2.30. The first-order valence-electron chi connectivity index (χ1n) is 7.94. The molecule has 1 amide bonds. The number of methoxy groups -OCH3 is 1. The number of thioether (sulfide) groups is 1. The molecule has 0 spiro atoms. The van der Waals surface area contributed by atoms with Gasteiger partial charge in [-0.25, -0.2) is 15.3 Å². The molecule has 1 unspecified atom stereocenters. The van der Waals surface area contributed by atoms with E-state index in [4.69, 9.17) is 9.47 Å². The van der Waals surface area contributed by atoms with Gasteiger partial charge in [0.25, 0.3) is 11.5 Å². The summed E-state index contributed by atoms with van der Waals surface area (Å²) >= 11 is 0.900. The highest BCUT2D eigenvalue weighted by Crippen LogP contribution is 2.27. The van der Waals surface area contributed by atoms with Crippen LogP contribution in [0.1, 0.15) is 19.4 Å². The molecule has 1 heterocycles. The lowest BCUT2D eigenvalue weighted by atomic mass is 10.2. The molecular weight excluding hydrogens is 374 g/mol. The molecule has 3 N–H and O–H groups in total. The fourth-order valence-corrected chi connectivity index (χ4v) is 2.69. The second-order valence-corrected chi connectivity index (χ2v) is 6.48. The average molecular weight is 393 g/mol. The lowest BCUT2D eigenvalue weighted by molar-refractivity contribution is -0.120. The molecule has 0 bridgehead atoms. The zero-order valence-corrected chi connectivity index (χ0v) is 15.8. The van der Waals surface area contributed by atoms with Crippen molar-refractivity contribution in [3.05, 3.63) is 44.6 Å². The summed E-state index contributed by atoms with van der Waals surface area (Å²) in [6, 6.07) is 5.24. The Kier molecular flexibility index (Phi) is 7.17. The molecule has 11 heteroatoms. The molecule has 2 aromatic rings. The Morgan fingerprint density at radius 1 is 1.41 bits per heavy atom. The quantitative estimate of drug-likeness (QED) is 0.337. The van der Waals surface area contributed by atoms with Gasteiger partial charge in [0, 0.05) is 0 Å². The Bertz CT molecular complexity index is 939. The molecule has 0 saturated heterocycles. The number of aromatic amines is 2. The summed E-state index contributed by atoms with van der Waals surface area (Å²) in [6.45, 7) is 3.93. The summed E-state index contributed by atoms with van der Waals surface area (Å²) in [5, 5.41) is 8.95. The van der Waals surface area contributed by atoms with E-state index in [0.717, 1.165) is 11.8 Å². The fraction of sp³-hybridized carbons (Fsp3) is 0.312. The molecule has 0 aliphatic heterocycles. The number of carbonyl (C=O) groups is 1. The van der Waals surface area contributed by atoms with Crippen molar-refractivity contribution in [1.29, 1.82) is 0 Å². The van der Waals surface area contributed by atoms with Crippen LogP contribution in [0.4, 0.5) is 0 Å². The third kappa shape index (κ3) is 5.71. The van der Waals surface area contributed by atoms with Crippen molar-refractivity contribution >= 4 is 23.9 Å². The minimum atomic E-state index is -0.711. The molecule has 0 fully saturated rings. The van der Waals surface area contributed by atoms with E-state index in [2.05, 4.69) is 20.7 Å². The van der Waals surface area contributed by atoms with Gasteiger partial charge in [0.2, 0.25) is 0 Å². The number of rotatable bonds is 8. The van der Waals surface area contributed by atoms with Gasteiger partial charge in [0.1, 0.15) is 0 Å². The second-order valence-electron chi connectivity index (χ2n) is 5.15. The minimum Gasteiger partial charge on any atom is -0.493 e. The molecule has 27 heavy (non-hydrogen) atoms. The summed E-state index contributed by atoms with van der Waals surface area (Å²) in [5.41, 5.74) is 1.72. The van der Waals surface area contributed by atoms with E-state index in [1.807, 2.05) is 11.9 Å². The number of amides is 1. The number of hydrogen-bond acceptors (Lipinski definition) is 8. The first-order chi connectivity index (χ1) is 12.9. The first kappa shape index (κ1) is 20.2. The summed E-state index contributed by atoms with van der Waals surface area (Å²) in [4.78, 5) is 36.7. The Morgan fingerprint density at radius 2 is 2.19 bits per heavy atom. The minimum absolute atomic E-state index is 0.0160. The Labute approximate surface area is 158 Å². The third-order valence-corrected chi connectivity index (χ3v) is 4.28. The molecule has 0 radical (unpaired) electrons. The van der Waals surface area contributed by atoms with Gasteiger partial charge in [-0.15, -0.1) is 0 Å². The number of hydrogen-bond donors (Lipinski definition) is 3. The molecule has 0 aliphatic rings. The zero-order valence-electron chi connectivity index (χ0n) is 14.9. The summed E-state index contributed by atoms with van der Waals surface area (Å²) in [6.07, 6.45) is 1.46. The molecule has 1 atom stereocenters. The molecular formula is C16H19N5O5S. The van der Waals surface area contributed by atoms with Crippen LogP contribution < -0.4 is 26.1 Å². The summed E-state index contributed by atoms with van der Waals surface area (Å²) < 4.78 is 10.7. The number of benzene rings is 1. The highest BCUT2D eigenvalue weighted by molar-refractivity contribution is 8.00. The third-order valence-electron chi connectivity index (χ3n) is 3.21. The maximum atomic E-state index is 12.1. The van der Waals surface area contributed by atoms with Crippen LogP contribution in [0, 0.1) is 0 Å². The van der Waals surface area contributed by atoms with Crippen molar-refractivity contribution < 1.29 is 14.3 Å². The molecule has 10 nitrogen and oxygen atoms in total. The van der Waals surface area contributed by atoms with E-state index in [-0.39, 0.29) is 5.03 Å². The van der Waals surface area contributed by atoms with Crippen molar-refractivity contribution in [1.82, 2.24) is 20.6 Å². The highest BCUT2D eigenvalue weighted by atomic mass is 32.2. The number of hydrazone groups is 1. The summed E-state index contributed by atoms with van der Waals surface area (Å²) in [5.74, 6) is 0.742. The van der Waals surface area contributed by atoms with Gasteiger partial charge in [-0.3, -0.25) is 14.6 Å². The number of carbonyl (C=O) groups excluding carboxylic acids is 1. The van der Waals surface area contributed by atoms with Gasteiger partial charge in [-0.05, 0) is 37.6 Å². The van der Waals surface area contributed by atoms with Gasteiger partial charge >= 0.3 is 5.69 Å². The Balaban J connectivity index is 1.98. The molecule has 0 saturated carbocycles. The number of nitrogens with one attached hydrogen (secondary N) is 3. The van der Waals surface area contributed by atoms with Crippen molar-refractivity contribution in [3.63, 3.8) is 0 Å². The van der Waals surface area contributed by atoms with Gasteiger partial charge in [0.05, 0.1) is 25.2 Å². The largest absolute Gasteiger partial charge is 0.493 e. The van der Waals surface area contributed by atoms with Crippen molar-refractivity contribution in [2.45, 2.75) is 24.1 Å². The fourth-order valence-electron chi connectivity index (χ4n) is 1.94. The van der Waals surface area contributed by atoms with Gasteiger partial charge in [-0.1, -0.05) is 11.8 Å². The number of aromatic nitrogens is 3. The summed E-state index contributed by atoms with van der Waals surface area (Å²) in [7, 11) is 1.55. The smallest absolute Gasteiger partial charge is 0.342 e. The maximum Gasteiger partial charge on any atom is 0.342 e. The zero-order chi connectivity index (χ0) is 19.8. The lowest BCUT2D eigenvalue weighted by Gasteiger charge is -2.09. The molecule has 1 aromatic heterocycles. The average Bonchev–Trinajstić information content (AvgIpc) is 2.64. The van der Waals surface area contributed by atoms with E-state index < -0.39 is 22.4 Å². The Morgan fingerprint density at radius 3 is 2.85 bits per heavy atom. The predicted octanol–water partition coefficient (Wildman–Crippen LogP) is 0.496. The van der Waals surface area contributed by atoms with Crippen LogP contribution in [0.2, 0.25) is 0 Å². The van der Waals surface area contributed by atoms with E-state index in [0.29, 0.717) is 23.7 Å². The second kappa shape index (κ2) is 9.57. The molecule has 2 rings (SSSR count). The Hall–Kier alpha value is -3.08. The normalized spacial score (nSPS) is 12.0. The van der Waals surface area contributed by atoms with E-state index in [9.17, 15) is 14.4 Å². The van der Waals surface area contributed by atoms with Gasteiger partial charge in [0.15, 0.2) is 16.5 Å². The van der Waals surface area contributed by atoms with Gasteiger partial charge < -0.3 is 9.47 Å². The monoisotopic (exact) mass is 393 g/mol. The van der Waals surface area contributed by atoms with Crippen LogP contribution in [-0.4, -0.2) is 46.3 Å². The molecule has 1 aromatic carbocycles. The van der Waals surface area contributed by atoms with Crippen LogP contribution in [0.3, 0.4) is 0 Å². The van der Waals surface area contributed by atoms with E-state index in [1.54, 1.807) is 32.2 Å². The SMILES string of the molecule is CCOc1cc(/C=N/NC(=O)C(C)Sc2n[nH]c(=O)[nH]c2=O)ccc1OC. The molecule has 144 valence electrons. The van der Waals surface area contributed by atoms with Crippen LogP contribution in [-0.2, 0) is 4.79 Å².